The van der Waals surface area contributed by atoms with Gasteiger partial charge in [0.15, 0.2) is 5.65 Å². The Morgan fingerprint density at radius 3 is 2.69 bits per heavy atom. The Balaban J connectivity index is 1.88. The molecule has 0 aliphatic heterocycles. The monoisotopic (exact) mass is 346 g/mol. The van der Waals surface area contributed by atoms with Crippen molar-refractivity contribution in [2.45, 2.75) is 19.9 Å². The summed E-state index contributed by atoms with van der Waals surface area (Å²) in [7, 11) is 0. The molecule has 0 atom stereocenters. The van der Waals surface area contributed by atoms with E-state index in [2.05, 4.69) is 20.6 Å². The molecule has 4 aromatic rings. The average molecular weight is 346 g/mol. The second-order valence-electron chi connectivity index (χ2n) is 6.28. The van der Waals surface area contributed by atoms with Gasteiger partial charge >= 0.3 is 0 Å². The summed E-state index contributed by atoms with van der Waals surface area (Å²) in [6.07, 6.45) is 4.89. The maximum absolute atomic E-state index is 12.9. The van der Waals surface area contributed by atoms with Crippen LogP contribution in [0, 0.1) is 0 Å². The molecule has 1 amide bonds. The Hall–Kier alpha value is -3.48. The summed E-state index contributed by atoms with van der Waals surface area (Å²) in [5, 5.41) is 14.5. The van der Waals surface area contributed by atoms with E-state index < -0.39 is 0 Å². The lowest BCUT2D eigenvalue weighted by Crippen LogP contribution is -2.13. The van der Waals surface area contributed by atoms with E-state index in [4.69, 9.17) is 4.98 Å². The molecule has 3 aromatic heterocycles. The number of hydrogen-bond acceptors (Lipinski definition) is 4. The number of benzene rings is 1. The number of carbonyl (C=O) groups is 1. The lowest BCUT2D eigenvalue weighted by Gasteiger charge is -2.10. The first kappa shape index (κ1) is 16.0. The summed E-state index contributed by atoms with van der Waals surface area (Å²) in [4.78, 5) is 17.6. The fourth-order valence-electron chi connectivity index (χ4n) is 2.86. The van der Waals surface area contributed by atoms with Crippen LogP contribution in [0.15, 0.2) is 55.0 Å². The Bertz CT molecular complexity index is 1050. The fraction of sp³-hybridized carbons (Fsp3) is 0.158. The molecule has 3 heterocycles. The van der Waals surface area contributed by atoms with Gasteiger partial charge < -0.3 is 5.32 Å². The lowest BCUT2D eigenvalue weighted by atomic mass is 10.1. The third-order valence-corrected chi connectivity index (χ3v) is 4.13. The first-order chi connectivity index (χ1) is 12.6. The van der Waals surface area contributed by atoms with E-state index in [1.807, 2.05) is 48.9 Å². The maximum atomic E-state index is 12.9. The minimum atomic E-state index is -0.223. The summed E-state index contributed by atoms with van der Waals surface area (Å²) in [6, 6.07) is 11.7. The van der Waals surface area contributed by atoms with Gasteiger partial charge in [-0.25, -0.2) is 9.67 Å². The zero-order valence-electron chi connectivity index (χ0n) is 14.5. The molecule has 26 heavy (non-hydrogen) atoms. The zero-order valence-corrected chi connectivity index (χ0v) is 14.5. The van der Waals surface area contributed by atoms with Gasteiger partial charge in [-0.15, -0.1) is 0 Å². The van der Waals surface area contributed by atoms with Crippen molar-refractivity contribution in [1.82, 2.24) is 25.0 Å². The topological polar surface area (TPSA) is 88.5 Å². The minimum Gasteiger partial charge on any atom is -0.319 e. The van der Waals surface area contributed by atoms with Crippen molar-refractivity contribution in [2.24, 2.45) is 0 Å². The number of rotatable bonds is 4. The molecule has 0 aliphatic rings. The zero-order chi connectivity index (χ0) is 18.1. The molecule has 4 rings (SSSR count). The highest BCUT2D eigenvalue weighted by atomic mass is 16.1. The fourth-order valence-corrected chi connectivity index (χ4v) is 2.86. The Labute approximate surface area is 150 Å². The van der Waals surface area contributed by atoms with Gasteiger partial charge in [-0.1, -0.05) is 30.3 Å². The van der Waals surface area contributed by atoms with Gasteiger partial charge in [0.05, 0.1) is 34.7 Å². The third kappa shape index (κ3) is 2.83. The van der Waals surface area contributed by atoms with Crippen molar-refractivity contribution >= 4 is 22.6 Å². The molecule has 130 valence electrons. The second-order valence-corrected chi connectivity index (χ2v) is 6.28. The van der Waals surface area contributed by atoms with Crippen molar-refractivity contribution < 1.29 is 4.79 Å². The number of hydrogen-bond donors (Lipinski definition) is 2. The predicted molar refractivity (Wildman–Crippen MR) is 99.9 cm³/mol. The Morgan fingerprint density at radius 1 is 1.19 bits per heavy atom. The molecule has 7 nitrogen and oxygen atoms in total. The molecule has 0 radical (unpaired) electrons. The van der Waals surface area contributed by atoms with Crippen LogP contribution in [-0.2, 0) is 0 Å². The number of aromatic nitrogens is 5. The van der Waals surface area contributed by atoms with Crippen LogP contribution in [0.1, 0.15) is 30.2 Å². The van der Waals surface area contributed by atoms with Gasteiger partial charge in [0.25, 0.3) is 5.91 Å². The summed E-state index contributed by atoms with van der Waals surface area (Å²) in [5.74, 6) is -0.223. The van der Waals surface area contributed by atoms with Crippen LogP contribution in [0.3, 0.4) is 0 Å². The minimum absolute atomic E-state index is 0.135. The molecule has 0 saturated carbocycles. The SMILES string of the molecule is CC(C)n1ncc2c(C(=O)Nc3cn[nH]c3)cc(-c3ccccc3)nc21. The predicted octanol–water partition coefficient (Wildman–Crippen LogP) is 3.65. The van der Waals surface area contributed by atoms with Gasteiger partial charge in [0.2, 0.25) is 0 Å². The molecule has 2 N–H and O–H groups in total. The van der Waals surface area contributed by atoms with Crippen LogP contribution in [0.4, 0.5) is 5.69 Å². The number of pyridine rings is 1. The molecule has 0 saturated heterocycles. The number of anilines is 1. The van der Waals surface area contributed by atoms with E-state index in [-0.39, 0.29) is 11.9 Å². The number of aromatic amines is 1. The highest BCUT2D eigenvalue weighted by molar-refractivity contribution is 6.12. The molecule has 0 bridgehead atoms. The Kier molecular flexibility index (Phi) is 3.96. The highest BCUT2D eigenvalue weighted by Crippen LogP contribution is 2.26. The lowest BCUT2D eigenvalue weighted by molar-refractivity contribution is 0.102. The van der Waals surface area contributed by atoms with Gasteiger partial charge in [-0.3, -0.25) is 9.89 Å². The van der Waals surface area contributed by atoms with Gasteiger partial charge in [0, 0.05) is 17.8 Å². The third-order valence-electron chi connectivity index (χ3n) is 4.13. The van der Waals surface area contributed by atoms with Crippen LogP contribution in [0.25, 0.3) is 22.3 Å². The summed E-state index contributed by atoms with van der Waals surface area (Å²) < 4.78 is 1.83. The van der Waals surface area contributed by atoms with Crippen molar-refractivity contribution in [3.8, 4) is 11.3 Å². The van der Waals surface area contributed by atoms with Crippen LogP contribution in [0.2, 0.25) is 0 Å². The van der Waals surface area contributed by atoms with Crippen LogP contribution < -0.4 is 5.32 Å². The number of fused-ring (bicyclic) bond motifs is 1. The summed E-state index contributed by atoms with van der Waals surface area (Å²) >= 11 is 0. The number of nitrogens with zero attached hydrogens (tertiary/aromatic N) is 4. The van der Waals surface area contributed by atoms with E-state index >= 15 is 0 Å². The van der Waals surface area contributed by atoms with Crippen molar-refractivity contribution in [2.75, 3.05) is 5.32 Å². The number of nitrogens with one attached hydrogen (secondary N) is 2. The van der Waals surface area contributed by atoms with Crippen LogP contribution >= 0.6 is 0 Å². The first-order valence-electron chi connectivity index (χ1n) is 8.37. The van der Waals surface area contributed by atoms with E-state index in [1.54, 1.807) is 24.7 Å². The van der Waals surface area contributed by atoms with Crippen LogP contribution in [-0.4, -0.2) is 30.9 Å². The number of amides is 1. The van der Waals surface area contributed by atoms with Crippen molar-refractivity contribution in [1.29, 1.82) is 0 Å². The van der Waals surface area contributed by atoms with Gasteiger partial charge in [-0.2, -0.15) is 10.2 Å². The smallest absolute Gasteiger partial charge is 0.256 e. The van der Waals surface area contributed by atoms with E-state index in [1.165, 1.54) is 0 Å². The van der Waals surface area contributed by atoms with Crippen molar-refractivity contribution in [3.05, 3.63) is 60.6 Å². The molecule has 0 aliphatic carbocycles. The van der Waals surface area contributed by atoms with Crippen LogP contribution in [0.5, 0.6) is 0 Å². The molecule has 7 heteroatoms. The number of carbonyl (C=O) groups excluding carboxylic acids is 1. The molecule has 0 fully saturated rings. The standard InChI is InChI=1S/C19H18N6O/c1-12(2)25-18-16(11-22-25)15(19(26)23-14-9-20-21-10-14)8-17(24-18)13-6-4-3-5-7-13/h3-12H,1-2H3,(H,20,21)(H,23,26). The summed E-state index contributed by atoms with van der Waals surface area (Å²) in [5.41, 5.74) is 3.51. The average Bonchev–Trinajstić information content (AvgIpc) is 3.30. The largest absolute Gasteiger partial charge is 0.319 e. The molecule has 1 aromatic carbocycles. The molecular weight excluding hydrogens is 328 g/mol. The van der Waals surface area contributed by atoms with Gasteiger partial charge in [0.1, 0.15) is 0 Å². The second kappa shape index (κ2) is 6.44. The Morgan fingerprint density at radius 2 is 2.00 bits per heavy atom. The maximum Gasteiger partial charge on any atom is 0.256 e. The quantitative estimate of drug-likeness (QED) is 0.590. The molecule has 0 unspecified atom stereocenters. The van der Waals surface area contributed by atoms with Crippen molar-refractivity contribution in [3.63, 3.8) is 0 Å². The molecule has 0 spiro atoms. The number of H-pyrrole nitrogens is 1. The van der Waals surface area contributed by atoms with Gasteiger partial charge in [-0.05, 0) is 19.9 Å². The van der Waals surface area contributed by atoms with E-state index in [0.717, 1.165) is 16.6 Å². The normalized spacial score (nSPS) is 11.2. The highest BCUT2D eigenvalue weighted by Gasteiger charge is 2.18. The first-order valence-corrected chi connectivity index (χ1v) is 8.37. The van der Waals surface area contributed by atoms with E-state index in [0.29, 0.717) is 16.9 Å². The summed E-state index contributed by atoms with van der Waals surface area (Å²) in [6.45, 7) is 4.07. The van der Waals surface area contributed by atoms with E-state index in [9.17, 15) is 4.79 Å². The molecular formula is C19H18N6O.